The Labute approximate surface area is 119 Å². The molecule has 0 spiro atoms. The molecule has 1 rings (SSSR count). The molecule has 0 radical (unpaired) electrons. The Balaban J connectivity index is 2.50. The fourth-order valence-electron chi connectivity index (χ4n) is 1.50. The van der Waals surface area contributed by atoms with Gasteiger partial charge in [-0.3, -0.25) is 0 Å². The first kappa shape index (κ1) is 16.3. The van der Waals surface area contributed by atoms with Crippen molar-refractivity contribution in [2.24, 2.45) is 0 Å². The Bertz CT molecular complexity index is 511. The van der Waals surface area contributed by atoms with Crippen LogP contribution >= 0.6 is 11.6 Å². The summed E-state index contributed by atoms with van der Waals surface area (Å²) in [5, 5.41) is 9.82. The largest absolute Gasteiger partial charge is 0.492 e. The number of hydrogen-bond donors (Lipinski definition) is 1. The highest BCUT2D eigenvalue weighted by Crippen LogP contribution is 2.27. The van der Waals surface area contributed by atoms with E-state index in [-0.39, 0.29) is 11.5 Å². The smallest absolute Gasteiger partial charge is 0.150 e. The predicted molar refractivity (Wildman–Crippen MR) is 76.5 cm³/mol. The molecule has 0 saturated heterocycles. The molecular formula is C13H19ClO4S. The van der Waals surface area contributed by atoms with E-state index in [0.717, 1.165) is 0 Å². The van der Waals surface area contributed by atoms with Gasteiger partial charge < -0.3 is 9.84 Å². The number of rotatable bonds is 7. The highest BCUT2D eigenvalue weighted by Gasteiger charge is 2.09. The van der Waals surface area contributed by atoms with Crippen molar-refractivity contribution in [2.75, 3.05) is 18.1 Å². The number of aliphatic hydroxyl groups excluding tert-OH is 1. The molecule has 0 fully saturated rings. The van der Waals surface area contributed by atoms with Crippen molar-refractivity contribution in [1.29, 1.82) is 0 Å². The van der Waals surface area contributed by atoms with Gasteiger partial charge in [0.15, 0.2) is 0 Å². The van der Waals surface area contributed by atoms with Crippen LogP contribution in [0, 0.1) is 0 Å². The number of sulfone groups is 1. The zero-order valence-corrected chi connectivity index (χ0v) is 12.7. The number of aliphatic hydroxyl groups is 1. The Morgan fingerprint density at radius 3 is 2.63 bits per heavy atom. The maximum Gasteiger partial charge on any atom is 0.150 e. The summed E-state index contributed by atoms with van der Waals surface area (Å²) in [4.78, 5) is 0. The third-order valence-corrected chi connectivity index (χ3v) is 4.82. The van der Waals surface area contributed by atoms with Gasteiger partial charge in [-0.2, -0.15) is 0 Å². The zero-order valence-electron chi connectivity index (χ0n) is 11.1. The Hall–Kier alpha value is -0.780. The lowest BCUT2D eigenvalue weighted by atomic mass is 10.1. The number of halogens is 1. The molecule has 4 nitrogen and oxygen atoms in total. The van der Waals surface area contributed by atoms with Crippen molar-refractivity contribution >= 4 is 21.4 Å². The fraction of sp³-hybridized carbons (Fsp3) is 0.538. The van der Waals surface area contributed by atoms with Gasteiger partial charge in [0.25, 0.3) is 0 Å². The van der Waals surface area contributed by atoms with Crippen LogP contribution in [0.5, 0.6) is 5.75 Å². The molecule has 1 aromatic carbocycles. The predicted octanol–water partition coefficient (Wildman–Crippen LogP) is 2.60. The maximum absolute atomic E-state index is 11.3. The van der Waals surface area contributed by atoms with E-state index < -0.39 is 15.9 Å². The third kappa shape index (κ3) is 5.38. The van der Waals surface area contributed by atoms with E-state index in [4.69, 9.17) is 16.3 Å². The molecule has 1 N–H and O–H groups in total. The van der Waals surface area contributed by atoms with Crippen LogP contribution < -0.4 is 4.74 Å². The minimum atomic E-state index is -2.95. The van der Waals surface area contributed by atoms with E-state index in [9.17, 15) is 13.5 Å². The standard InChI is InChI=1S/C13H19ClO4S/c1-3-19(16,17)8-4-7-18-13-6-5-11(10(2)15)9-12(13)14/h5-6,9-10,15H,3-4,7-8H2,1-2H3/t10-/m1/s1. The van der Waals surface area contributed by atoms with E-state index in [0.29, 0.717) is 29.4 Å². The molecule has 0 saturated carbocycles. The summed E-state index contributed by atoms with van der Waals surface area (Å²) in [6, 6.07) is 5.05. The SMILES string of the molecule is CCS(=O)(=O)CCCOc1ccc([C@@H](C)O)cc1Cl. The lowest BCUT2D eigenvalue weighted by Crippen LogP contribution is -2.11. The fourth-order valence-corrected chi connectivity index (χ4v) is 2.59. The molecule has 1 aromatic rings. The van der Waals surface area contributed by atoms with E-state index in [1.165, 1.54) is 0 Å². The average Bonchev–Trinajstić information content (AvgIpc) is 2.36. The van der Waals surface area contributed by atoms with Crippen LogP contribution in [-0.4, -0.2) is 31.6 Å². The average molecular weight is 307 g/mol. The lowest BCUT2D eigenvalue weighted by molar-refractivity contribution is 0.199. The van der Waals surface area contributed by atoms with E-state index in [1.54, 1.807) is 32.0 Å². The second kappa shape index (κ2) is 7.12. The summed E-state index contributed by atoms with van der Waals surface area (Å²) in [5.41, 5.74) is 0.714. The van der Waals surface area contributed by atoms with Gasteiger partial charge in [-0.1, -0.05) is 24.6 Å². The van der Waals surface area contributed by atoms with Gasteiger partial charge in [0.2, 0.25) is 0 Å². The van der Waals surface area contributed by atoms with Gasteiger partial charge in [0.1, 0.15) is 15.6 Å². The van der Waals surface area contributed by atoms with Gasteiger partial charge >= 0.3 is 0 Å². The van der Waals surface area contributed by atoms with E-state index in [2.05, 4.69) is 0 Å². The van der Waals surface area contributed by atoms with Crippen LogP contribution in [0.2, 0.25) is 5.02 Å². The second-order valence-electron chi connectivity index (χ2n) is 4.30. The molecule has 0 aliphatic carbocycles. The minimum Gasteiger partial charge on any atom is -0.492 e. The highest BCUT2D eigenvalue weighted by molar-refractivity contribution is 7.91. The van der Waals surface area contributed by atoms with Crippen molar-refractivity contribution in [3.8, 4) is 5.75 Å². The monoisotopic (exact) mass is 306 g/mol. The molecule has 19 heavy (non-hydrogen) atoms. The maximum atomic E-state index is 11.3. The van der Waals surface area contributed by atoms with E-state index in [1.807, 2.05) is 0 Å². The van der Waals surface area contributed by atoms with Crippen molar-refractivity contribution in [2.45, 2.75) is 26.4 Å². The van der Waals surface area contributed by atoms with Crippen molar-refractivity contribution in [3.63, 3.8) is 0 Å². The first-order valence-electron chi connectivity index (χ1n) is 6.16. The van der Waals surface area contributed by atoms with Gasteiger partial charge in [0.05, 0.1) is 23.5 Å². The number of hydrogen-bond acceptors (Lipinski definition) is 4. The molecule has 0 aliphatic heterocycles. The van der Waals surface area contributed by atoms with Crippen LogP contribution in [0.3, 0.4) is 0 Å². The minimum absolute atomic E-state index is 0.118. The van der Waals surface area contributed by atoms with E-state index >= 15 is 0 Å². The second-order valence-corrected chi connectivity index (χ2v) is 7.18. The molecular weight excluding hydrogens is 288 g/mol. The summed E-state index contributed by atoms with van der Waals surface area (Å²) in [7, 11) is -2.95. The van der Waals surface area contributed by atoms with Crippen LogP contribution in [0.15, 0.2) is 18.2 Å². The van der Waals surface area contributed by atoms with Crippen molar-refractivity contribution < 1.29 is 18.3 Å². The molecule has 6 heteroatoms. The number of ether oxygens (including phenoxy) is 1. The van der Waals surface area contributed by atoms with Crippen LogP contribution in [0.25, 0.3) is 0 Å². The summed E-state index contributed by atoms with van der Waals surface area (Å²) in [6.07, 6.45) is -0.147. The topological polar surface area (TPSA) is 63.6 Å². The molecule has 0 heterocycles. The Kier molecular flexibility index (Phi) is 6.10. The quantitative estimate of drug-likeness (QED) is 0.787. The molecule has 108 valence electrons. The summed E-state index contributed by atoms with van der Waals surface area (Å²) in [6.45, 7) is 3.58. The highest BCUT2D eigenvalue weighted by atomic mass is 35.5. The van der Waals surface area contributed by atoms with Gasteiger partial charge in [0, 0.05) is 5.75 Å². The molecule has 0 bridgehead atoms. The van der Waals surface area contributed by atoms with Crippen molar-refractivity contribution in [1.82, 2.24) is 0 Å². The van der Waals surface area contributed by atoms with Crippen molar-refractivity contribution in [3.05, 3.63) is 28.8 Å². The summed E-state index contributed by atoms with van der Waals surface area (Å²) < 4.78 is 28.0. The Morgan fingerprint density at radius 1 is 1.42 bits per heavy atom. The normalized spacial score (nSPS) is 13.3. The Morgan fingerprint density at radius 2 is 2.11 bits per heavy atom. The first-order valence-corrected chi connectivity index (χ1v) is 8.36. The molecule has 1 atom stereocenters. The summed E-state index contributed by atoms with van der Waals surface area (Å²) >= 11 is 6.02. The number of benzene rings is 1. The van der Waals surface area contributed by atoms with Crippen LogP contribution in [-0.2, 0) is 9.84 Å². The van der Waals surface area contributed by atoms with Crippen LogP contribution in [0.1, 0.15) is 31.9 Å². The van der Waals surface area contributed by atoms with Gasteiger partial charge in [-0.25, -0.2) is 8.42 Å². The molecule has 0 aromatic heterocycles. The molecule has 0 unspecified atom stereocenters. The first-order chi connectivity index (χ1) is 8.85. The summed E-state index contributed by atoms with van der Waals surface area (Å²) in [5.74, 6) is 0.768. The van der Waals surface area contributed by atoms with Crippen LogP contribution in [0.4, 0.5) is 0 Å². The molecule has 0 aliphatic rings. The van der Waals surface area contributed by atoms with Gasteiger partial charge in [-0.05, 0) is 31.0 Å². The lowest BCUT2D eigenvalue weighted by Gasteiger charge is -2.10. The molecule has 0 amide bonds. The zero-order chi connectivity index (χ0) is 14.5. The van der Waals surface area contributed by atoms with Gasteiger partial charge in [-0.15, -0.1) is 0 Å². The third-order valence-electron chi connectivity index (χ3n) is 2.74.